The summed E-state index contributed by atoms with van der Waals surface area (Å²) in [6.07, 6.45) is 10.2. The van der Waals surface area contributed by atoms with Gasteiger partial charge in [0.1, 0.15) is 6.67 Å². The van der Waals surface area contributed by atoms with Crippen LogP contribution in [0.2, 0.25) is 0 Å². The molecule has 0 saturated carbocycles. The van der Waals surface area contributed by atoms with Crippen molar-refractivity contribution in [2.45, 2.75) is 12.1 Å². The predicted octanol–water partition coefficient (Wildman–Crippen LogP) is 0.619. The summed E-state index contributed by atoms with van der Waals surface area (Å²) in [5, 5.41) is 11.2. The van der Waals surface area contributed by atoms with Gasteiger partial charge in [-0.25, -0.2) is 0 Å². The van der Waals surface area contributed by atoms with Crippen molar-refractivity contribution in [3.63, 3.8) is 0 Å². The van der Waals surface area contributed by atoms with Gasteiger partial charge in [-0.1, -0.05) is 18.2 Å². The molecule has 6 heteroatoms. The van der Waals surface area contributed by atoms with Gasteiger partial charge in [-0.2, -0.15) is 0 Å². The minimum Gasteiger partial charge on any atom is -0.396 e. The molecular weight excluding hydrogens is 208 g/mol. The predicted molar refractivity (Wildman–Crippen MR) is 60.1 cm³/mol. The maximum atomic E-state index is 11.2. The highest BCUT2D eigenvalue weighted by Crippen LogP contribution is 2.27. The van der Waals surface area contributed by atoms with Gasteiger partial charge in [0.15, 0.2) is 0 Å². The van der Waals surface area contributed by atoms with Crippen LogP contribution in [0, 0.1) is 10.1 Å². The van der Waals surface area contributed by atoms with Crippen LogP contribution in [0.25, 0.3) is 0 Å². The largest absolute Gasteiger partial charge is 0.396 e. The maximum absolute atomic E-state index is 11.2. The van der Waals surface area contributed by atoms with E-state index in [2.05, 4.69) is 4.99 Å². The fourth-order valence-corrected chi connectivity index (χ4v) is 1.77. The minimum atomic E-state index is -1.25. The van der Waals surface area contributed by atoms with Crippen molar-refractivity contribution in [1.82, 2.24) is 4.90 Å². The zero-order valence-electron chi connectivity index (χ0n) is 8.61. The van der Waals surface area contributed by atoms with E-state index in [-0.39, 0.29) is 11.6 Å². The minimum absolute atomic E-state index is 0.250. The normalized spacial score (nSPS) is 28.0. The van der Waals surface area contributed by atoms with Crippen molar-refractivity contribution in [3.8, 4) is 0 Å². The van der Waals surface area contributed by atoms with Gasteiger partial charge in [0.2, 0.25) is 0 Å². The molecule has 0 saturated heterocycles. The number of hydrogen-bond acceptors (Lipinski definition) is 5. The Bertz CT molecular complexity index is 425. The van der Waals surface area contributed by atoms with Crippen molar-refractivity contribution in [2.24, 2.45) is 10.7 Å². The van der Waals surface area contributed by atoms with Gasteiger partial charge < -0.3 is 5.73 Å². The van der Waals surface area contributed by atoms with Crippen LogP contribution in [-0.2, 0) is 0 Å². The number of nitrogens with two attached hydrogens (primary N) is 1. The van der Waals surface area contributed by atoms with Gasteiger partial charge in [-0.15, -0.1) is 0 Å². The lowest BCUT2D eigenvalue weighted by Gasteiger charge is -2.34. The lowest BCUT2D eigenvalue weighted by Crippen LogP contribution is -2.52. The van der Waals surface area contributed by atoms with E-state index in [1.165, 1.54) is 6.21 Å². The summed E-state index contributed by atoms with van der Waals surface area (Å²) < 4.78 is 0. The number of nitrogens with zero attached hydrogens (tertiary/aromatic N) is 3. The first-order chi connectivity index (χ1) is 7.65. The molecule has 84 valence electrons. The lowest BCUT2D eigenvalue weighted by atomic mass is 10.00. The molecule has 0 aromatic carbocycles. The Morgan fingerprint density at radius 2 is 2.38 bits per heavy atom. The zero-order chi connectivity index (χ0) is 11.6. The second-order valence-corrected chi connectivity index (χ2v) is 3.68. The standard InChI is InChI=1S/C10H12N4O2/c11-9-6-12-8-13(7-9)10(14(15)16)4-2-1-3-5-10/h1-4,6-7H,5,8,11H2. The second kappa shape index (κ2) is 3.80. The molecule has 0 spiro atoms. The fraction of sp³-hybridized carbons (Fsp3) is 0.300. The third-order valence-electron chi connectivity index (χ3n) is 2.62. The van der Waals surface area contributed by atoms with E-state index >= 15 is 0 Å². The van der Waals surface area contributed by atoms with Crippen LogP contribution in [0.5, 0.6) is 0 Å². The van der Waals surface area contributed by atoms with Gasteiger partial charge in [-0.3, -0.25) is 20.0 Å². The van der Waals surface area contributed by atoms with Crippen LogP contribution in [0.3, 0.4) is 0 Å². The van der Waals surface area contributed by atoms with Crippen molar-refractivity contribution in [3.05, 3.63) is 46.3 Å². The molecule has 1 atom stereocenters. The first-order valence-electron chi connectivity index (χ1n) is 4.88. The number of nitro groups is 1. The quantitative estimate of drug-likeness (QED) is 0.546. The summed E-state index contributed by atoms with van der Waals surface area (Å²) in [6.45, 7) is 0.250. The van der Waals surface area contributed by atoms with E-state index in [1.807, 2.05) is 0 Å². The van der Waals surface area contributed by atoms with Crippen LogP contribution in [-0.4, -0.2) is 28.4 Å². The zero-order valence-corrected chi connectivity index (χ0v) is 8.61. The Kier molecular flexibility index (Phi) is 2.47. The fourth-order valence-electron chi connectivity index (χ4n) is 1.77. The van der Waals surface area contributed by atoms with Gasteiger partial charge in [0.25, 0.3) is 0 Å². The molecule has 1 aliphatic heterocycles. The summed E-state index contributed by atoms with van der Waals surface area (Å²) in [5.74, 6) is 0. The number of aliphatic imine (C=N–C) groups is 1. The molecule has 0 aromatic rings. The van der Waals surface area contributed by atoms with E-state index in [1.54, 1.807) is 35.4 Å². The summed E-state index contributed by atoms with van der Waals surface area (Å²) in [6, 6.07) is 0. The lowest BCUT2D eigenvalue weighted by molar-refractivity contribution is -0.581. The molecular formula is C10H12N4O2. The summed E-state index contributed by atoms with van der Waals surface area (Å²) in [7, 11) is 0. The van der Waals surface area contributed by atoms with Crippen LogP contribution in [0.1, 0.15) is 6.42 Å². The second-order valence-electron chi connectivity index (χ2n) is 3.68. The number of hydrogen-bond donors (Lipinski definition) is 1. The average Bonchev–Trinajstić information content (AvgIpc) is 2.30. The Labute approximate surface area is 92.6 Å². The highest BCUT2D eigenvalue weighted by Gasteiger charge is 2.45. The molecule has 2 rings (SSSR count). The molecule has 1 aliphatic carbocycles. The molecule has 0 amide bonds. The van der Waals surface area contributed by atoms with Gasteiger partial charge in [0.05, 0.1) is 17.0 Å². The first kappa shape index (κ1) is 10.4. The van der Waals surface area contributed by atoms with E-state index < -0.39 is 5.66 Å². The van der Waals surface area contributed by atoms with Crippen LogP contribution < -0.4 is 5.73 Å². The molecule has 0 fully saturated rings. The van der Waals surface area contributed by atoms with Gasteiger partial charge in [-0.05, 0) is 0 Å². The van der Waals surface area contributed by atoms with Crippen LogP contribution in [0.4, 0.5) is 0 Å². The van der Waals surface area contributed by atoms with Gasteiger partial charge >= 0.3 is 5.66 Å². The van der Waals surface area contributed by atoms with E-state index in [0.29, 0.717) is 12.1 Å². The highest BCUT2D eigenvalue weighted by atomic mass is 16.6. The Balaban J connectivity index is 2.34. The molecule has 0 radical (unpaired) electrons. The molecule has 2 aliphatic rings. The summed E-state index contributed by atoms with van der Waals surface area (Å²) in [4.78, 5) is 16.5. The summed E-state index contributed by atoms with van der Waals surface area (Å²) in [5.41, 5.74) is 4.77. The van der Waals surface area contributed by atoms with Crippen molar-refractivity contribution >= 4 is 6.21 Å². The molecule has 16 heavy (non-hydrogen) atoms. The molecule has 0 aromatic heterocycles. The Morgan fingerprint density at radius 1 is 1.56 bits per heavy atom. The van der Waals surface area contributed by atoms with Crippen molar-refractivity contribution < 1.29 is 4.92 Å². The molecule has 6 nitrogen and oxygen atoms in total. The van der Waals surface area contributed by atoms with Crippen molar-refractivity contribution in [2.75, 3.05) is 6.67 Å². The monoisotopic (exact) mass is 220 g/mol. The maximum Gasteiger partial charge on any atom is 0.320 e. The number of rotatable bonds is 2. The van der Waals surface area contributed by atoms with Crippen LogP contribution in [0.15, 0.2) is 41.2 Å². The van der Waals surface area contributed by atoms with Gasteiger partial charge in [0, 0.05) is 18.5 Å². The van der Waals surface area contributed by atoms with Crippen LogP contribution >= 0.6 is 0 Å². The SMILES string of the molecule is NC1=CN(C2([N+](=O)[O-])C=CC=CC2)CN=C1. The molecule has 2 N–H and O–H groups in total. The Hall–Kier alpha value is -2.11. The van der Waals surface area contributed by atoms with E-state index in [0.717, 1.165) is 0 Å². The molecule has 1 heterocycles. The Morgan fingerprint density at radius 3 is 2.94 bits per heavy atom. The average molecular weight is 220 g/mol. The third kappa shape index (κ3) is 1.58. The number of allylic oxidation sites excluding steroid dienone is 3. The topological polar surface area (TPSA) is 84.8 Å². The summed E-state index contributed by atoms with van der Waals surface area (Å²) >= 11 is 0. The molecule has 1 unspecified atom stereocenters. The smallest absolute Gasteiger partial charge is 0.320 e. The highest BCUT2D eigenvalue weighted by molar-refractivity contribution is 5.77. The van der Waals surface area contributed by atoms with E-state index in [9.17, 15) is 10.1 Å². The third-order valence-corrected chi connectivity index (χ3v) is 2.62. The van der Waals surface area contributed by atoms with E-state index in [4.69, 9.17) is 5.73 Å². The molecule has 0 bridgehead atoms. The van der Waals surface area contributed by atoms with Crippen molar-refractivity contribution in [1.29, 1.82) is 0 Å². The first-order valence-corrected chi connectivity index (χ1v) is 4.88.